The molecule has 4 heteroatoms. The van der Waals surface area contributed by atoms with Crippen molar-refractivity contribution in [2.45, 2.75) is 12.8 Å². The first-order valence-electron chi connectivity index (χ1n) is 6.29. The molecule has 2 nitrogen and oxygen atoms in total. The van der Waals surface area contributed by atoms with Gasteiger partial charge in [0, 0.05) is 10.0 Å². The number of hydrogen-bond donors (Lipinski definition) is 0. The summed E-state index contributed by atoms with van der Waals surface area (Å²) in [6.45, 7) is 0. The van der Waals surface area contributed by atoms with Gasteiger partial charge in [-0.2, -0.15) is 0 Å². The molecule has 0 bridgehead atoms. The SMILES string of the molecule is COc1ccc(Cl)cc1CCc1cc(Cl)ccc1OC. The van der Waals surface area contributed by atoms with Crippen molar-refractivity contribution in [2.75, 3.05) is 14.2 Å². The Hall–Kier alpha value is -1.38. The molecule has 2 aromatic rings. The van der Waals surface area contributed by atoms with E-state index in [1.807, 2.05) is 36.4 Å². The normalized spacial score (nSPS) is 10.4. The molecule has 106 valence electrons. The lowest BCUT2D eigenvalue weighted by molar-refractivity contribution is 0.406. The molecule has 2 aromatic carbocycles. The highest BCUT2D eigenvalue weighted by molar-refractivity contribution is 6.31. The fourth-order valence-corrected chi connectivity index (χ4v) is 2.54. The summed E-state index contributed by atoms with van der Waals surface area (Å²) in [7, 11) is 3.32. The molecule has 0 N–H and O–H groups in total. The van der Waals surface area contributed by atoms with Gasteiger partial charge in [-0.25, -0.2) is 0 Å². The monoisotopic (exact) mass is 310 g/mol. The molecule has 0 saturated carbocycles. The van der Waals surface area contributed by atoms with Crippen molar-refractivity contribution < 1.29 is 9.47 Å². The Morgan fingerprint density at radius 2 is 1.15 bits per heavy atom. The van der Waals surface area contributed by atoms with Crippen LogP contribution in [-0.4, -0.2) is 14.2 Å². The van der Waals surface area contributed by atoms with E-state index in [1.54, 1.807) is 14.2 Å². The standard InChI is InChI=1S/C16H16Cl2O2/c1-19-15-7-5-13(17)9-11(15)3-4-12-10-14(18)6-8-16(12)20-2/h5-10H,3-4H2,1-2H3. The van der Waals surface area contributed by atoms with E-state index < -0.39 is 0 Å². The molecule has 0 amide bonds. The van der Waals surface area contributed by atoms with Gasteiger partial charge in [-0.3, -0.25) is 0 Å². The summed E-state index contributed by atoms with van der Waals surface area (Å²) >= 11 is 12.1. The van der Waals surface area contributed by atoms with Crippen LogP contribution in [0.4, 0.5) is 0 Å². The zero-order valence-corrected chi connectivity index (χ0v) is 13.0. The van der Waals surface area contributed by atoms with Crippen LogP contribution in [-0.2, 0) is 12.8 Å². The Morgan fingerprint density at radius 1 is 0.750 bits per heavy atom. The number of ether oxygens (including phenoxy) is 2. The number of benzene rings is 2. The molecule has 2 rings (SSSR count). The number of aryl methyl sites for hydroxylation is 2. The number of methoxy groups -OCH3 is 2. The Balaban J connectivity index is 2.20. The van der Waals surface area contributed by atoms with Gasteiger partial charge in [-0.15, -0.1) is 0 Å². The van der Waals surface area contributed by atoms with Crippen molar-refractivity contribution in [3.05, 3.63) is 57.6 Å². The molecule has 0 radical (unpaired) electrons. The van der Waals surface area contributed by atoms with Crippen LogP contribution in [0.1, 0.15) is 11.1 Å². The first kappa shape index (κ1) is 15.0. The van der Waals surface area contributed by atoms with Gasteiger partial charge in [0.1, 0.15) is 11.5 Å². The fourth-order valence-electron chi connectivity index (χ4n) is 2.15. The second-order valence-electron chi connectivity index (χ2n) is 4.41. The van der Waals surface area contributed by atoms with Gasteiger partial charge in [0.25, 0.3) is 0 Å². The predicted octanol–water partition coefficient (Wildman–Crippen LogP) is 4.80. The van der Waals surface area contributed by atoms with Crippen LogP contribution < -0.4 is 9.47 Å². The predicted molar refractivity (Wildman–Crippen MR) is 83.4 cm³/mol. The first-order valence-corrected chi connectivity index (χ1v) is 7.04. The van der Waals surface area contributed by atoms with Crippen LogP contribution in [0.15, 0.2) is 36.4 Å². The smallest absolute Gasteiger partial charge is 0.122 e. The topological polar surface area (TPSA) is 18.5 Å². The lowest BCUT2D eigenvalue weighted by Crippen LogP contribution is -1.98. The summed E-state index contributed by atoms with van der Waals surface area (Å²) in [5.74, 6) is 1.69. The molecule has 0 saturated heterocycles. The minimum absolute atomic E-state index is 0.707. The second kappa shape index (κ2) is 6.87. The second-order valence-corrected chi connectivity index (χ2v) is 5.29. The van der Waals surface area contributed by atoms with E-state index in [2.05, 4.69) is 0 Å². The first-order chi connectivity index (χ1) is 9.63. The van der Waals surface area contributed by atoms with Gasteiger partial charge < -0.3 is 9.47 Å². The maximum absolute atomic E-state index is 6.04. The molecule has 0 fully saturated rings. The fraction of sp³-hybridized carbons (Fsp3) is 0.250. The average Bonchev–Trinajstić information content (AvgIpc) is 2.45. The van der Waals surface area contributed by atoms with Crippen LogP contribution in [0.25, 0.3) is 0 Å². The molecule has 0 aromatic heterocycles. The van der Waals surface area contributed by atoms with Crippen LogP contribution in [0.3, 0.4) is 0 Å². The summed E-state index contributed by atoms with van der Waals surface area (Å²) in [6, 6.07) is 11.3. The van der Waals surface area contributed by atoms with Crippen molar-refractivity contribution in [2.24, 2.45) is 0 Å². The molecule has 0 aliphatic carbocycles. The molecule has 0 unspecified atom stereocenters. The Kier molecular flexibility index (Phi) is 5.16. The van der Waals surface area contributed by atoms with E-state index in [9.17, 15) is 0 Å². The average molecular weight is 311 g/mol. The Bertz CT molecular complexity index is 544. The highest BCUT2D eigenvalue weighted by Gasteiger charge is 2.08. The van der Waals surface area contributed by atoms with Crippen molar-refractivity contribution in [1.29, 1.82) is 0 Å². The van der Waals surface area contributed by atoms with Gasteiger partial charge >= 0.3 is 0 Å². The number of rotatable bonds is 5. The Labute approximate surface area is 129 Å². The summed E-state index contributed by atoms with van der Waals surface area (Å²) in [5, 5.41) is 1.41. The molecular weight excluding hydrogens is 295 g/mol. The Morgan fingerprint density at radius 3 is 1.50 bits per heavy atom. The molecule has 20 heavy (non-hydrogen) atoms. The van der Waals surface area contributed by atoms with Crippen LogP contribution in [0.2, 0.25) is 10.0 Å². The molecule has 0 spiro atoms. The van der Waals surface area contributed by atoms with Crippen molar-refractivity contribution in [3.63, 3.8) is 0 Å². The van der Waals surface area contributed by atoms with Crippen LogP contribution >= 0.6 is 23.2 Å². The minimum Gasteiger partial charge on any atom is -0.496 e. The van der Waals surface area contributed by atoms with E-state index in [1.165, 1.54) is 0 Å². The van der Waals surface area contributed by atoms with E-state index in [-0.39, 0.29) is 0 Å². The van der Waals surface area contributed by atoms with Gasteiger partial charge in [0.15, 0.2) is 0 Å². The molecule has 0 aliphatic heterocycles. The zero-order valence-electron chi connectivity index (χ0n) is 11.5. The summed E-state index contributed by atoms with van der Waals surface area (Å²) in [5.41, 5.74) is 2.14. The third-order valence-corrected chi connectivity index (χ3v) is 3.62. The molecular formula is C16H16Cl2O2. The van der Waals surface area contributed by atoms with Crippen LogP contribution in [0, 0.1) is 0 Å². The maximum Gasteiger partial charge on any atom is 0.122 e. The van der Waals surface area contributed by atoms with Crippen molar-refractivity contribution in [1.82, 2.24) is 0 Å². The quantitative estimate of drug-likeness (QED) is 0.790. The van der Waals surface area contributed by atoms with E-state index in [0.717, 1.165) is 35.5 Å². The van der Waals surface area contributed by atoms with Gasteiger partial charge in [-0.05, 0) is 60.4 Å². The summed E-state index contributed by atoms with van der Waals surface area (Å²) in [6.07, 6.45) is 1.61. The van der Waals surface area contributed by atoms with Crippen LogP contribution in [0.5, 0.6) is 11.5 Å². The molecule has 0 heterocycles. The lowest BCUT2D eigenvalue weighted by Gasteiger charge is -2.11. The zero-order chi connectivity index (χ0) is 14.5. The van der Waals surface area contributed by atoms with E-state index in [4.69, 9.17) is 32.7 Å². The van der Waals surface area contributed by atoms with Gasteiger partial charge in [0.05, 0.1) is 14.2 Å². The summed E-state index contributed by atoms with van der Waals surface area (Å²) in [4.78, 5) is 0. The number of halogens is 2. The summed E-state index contributed by atoms with van der Waals surface area (Å²) < 4.78 is 10.7. The van der Waals surface area contributed by atoms with E-state index >= 15 is 0 Å². The highest BCUT2D eigenvalue weighted by Crippen LogP contribution is 2.27. The molecule has 0 atom stereocenters. The highest BCUT2D eigenvalue weighted by atomic mass is 35.5. The minimum atomic E-state index is 0.707. The van der Waals surface area contributed by atoms with Crippen molar-refractivity contribution >= 4 is 23.2 Å². The van der Waals surface area contributed by atoms with Gasteiger partial charge in [0.2, 0.25) is 0 Å². The largest absolute Gasteiger partial charge is 0.496 e. The maximum atomic E-state index is 6.04. The lowest BCUT2D eigenvalue weighted by atomic mass is 10.0. The molecule has 0 aliphatic rings. The number of hydrogen-bond acceptors (Lipinski definition) is 2. The third-order valence-electron chi connectivity index (χ3n) is 3.15. The van der Waals surface area contributed by atoms with Crippen molar-refractivity contribution in [3.8, 4) is 11.5 Å². The van der Waals surface area contributed by atoms with E-state index in [0.29, 0.717) is 10.0 Å². The third kappa shape index (κ3) is 3.59. The van der Waals surface area contributed by atoms with Gasteiger partial charge in [-0.1, -0.05) is 23.2 Å².